The minimum atomic E-state index is 0. The molecule has 0 saturated heterocycles. The van der Waals surface area contributed by atoms with Gasteiger partial charge in [-0.3, -0.25) is 9.89 Å². The molecule has 128 valence electrons. The molecule has 0 aromatic heterocycles. The predicted molar refractivity (Wildman–Crippen MR) is 103 cm³/mol. The molecule has 0 unspecified atom stereocenters. The Kier molecular flexibility index (Phi) is 16.4. The first kappa shape index (κ1) is 23.2. The maximum atomic E-state index is 5.03. The minimum absolute atomic E-state index is 0. The van der Waals surface area contributed by atoms with Crippen molar-refractivity contribution in [3.63, 3.8) is 0 Å². The van der Waals surface area contributed by atoms with E-state index in [1.165, 1.54) is 0 Å². The molecule has 0 aromatic rings. The molecule has 0 heterocycles. The lowest BCUT2D eigenvalue weighted by Crippen LogP contribution is -2.45. The van der Waals surface area contributed by atoms with Crippen molar-refractivity contribution >= 4 is 29.9 Å². The number of nitrogens with one attached hydrogen (secondary N) is 2. The number of hydrogen-bond donors (Lipinski definition) is 2. The Hall–Kier alpha value is -0.0800. The standard InChI is InChI=1S/C15H34N4O.HI/c1-7-16-15(17-9-8-12-20-6)18-10-11-19(13(2)3)14(4)5;/h13-14H,7-12H2,1-6H3,(H2,16,17,18);1H. The summed E-state index contributed by atoms with van der Waals surface area (Å²) in [6.45, 7) is 15.4. The fourth-order valence-corrected chi connectivity index (χ4v) is 2.16. The summed E-state index contributed by atoms with van der Waals surface area (Å²) in [6, 6.07) is 1.14. The molecule has 0 aliphatic heterocycles. The number of guanidine groups is 1. The first-order valence-electron chi connectivity index (χ1n) is 7.79. The van der Waals surface area contributed by atoms with Gasteiger partial charge in [0, 0.05) is 52.0 Å². The van der Waals surface area contributed by atoms with E-state index in [2.05, 4.69) is 55.1 Å². The van der Waals surface area contributed by atoms with Gasteiger partial charge in [0.15, 0.2) is 5.96 Å². The lowest BCUT2D eigenvalue weighted by atomic mass is 10.2. The SMILES string of the molecule is CCNC(=NCCCOC)NCCN(C(C)C)C(C)C.I. The Morgan fingerprint density at radius 3 is 2.24 bits per heavy atom. The maximum Gasteiger partial charge on any atom is 0.191 e. The molecule has 0 saturated carbocycles. The van der Waals surface area contributed by atoms with Gasteiger partial charge in [0.2, 0.25) is 0 Å². The molecule has 5 nitrogen and oxygen atoms in total. The fourth-order valence-electron chi connectivity index (χ4n) is 2.16. The smallest absolute Gasteiger partial charge is 0.191 e. The highest BCUT2D eigenvalue weighted by molar-refractivity contribution is 14.0. The van der Waals surface area contributed by atoms with Crippen LogP contribution >= 0.6 is 24.0 Å². The number of rotatable bonds is 10. The van der Waals surface area contributed by atoms with Crippen molar-refractivity contribution in [3.05, 3.63) is 0 Å². The van der Waals surface area contributed by atoms with Gasteiger partial charge in [-0.25, -0.2) is 0 Å². The van der Waals surface area contributed by atoms with Crippen LogP contribution in [0, 0.1) is 0 Å². The molecule has 0 bridgehead atoms. The maximum absolute atomic E-state index is 5.03. The van der Waals surface area contributed by atoms with E-state index < -0.39 is 0 Å². The van der Waals surface area contributed by atoms with Gasteiger partial charge >= 0.3 is 0 Å². The molecule has 0 radical (unpaired) electrons. The number of methoxy groups -OCH3 is 1. The van der Waals surface area contributed by atoms with E-state index in [0.29, 0.717) is 12.1 Å². The number of aliphatic imine (C=N–C) groups is 1. The predicted octanol–water partition coefficient (Wildman–Crippen LogP) is 2.31. The second-order valence-corrected chi connectivity index (χ2v) is 5.46. The largest absolute Gasteiger partial charge is 0.385 e. The highest BCUT2D eigenvalue weighted by atomic mass is 127. The first-order valence-corrected chi connectivity index (χ1v) is 7.79. The quantitative estimate of drug-likeness (QED) is 0.249. The van der Waals surface area contributed by atoms with Gasteiger partial charge in [-0.1, -0.05) is 0 Å². The van der Waals surface area contributed by atoms with Crippen LogP contribution in [0.1, 0.15) is 41.0 Å². The highest BCUT2D eigenvalue weighted by Gasteiger charge is 2.12. The van der Waals surface area contributed by atoms with Gasteiger partial charge in [0.05, 0.1) is 0 Å². The Labute approximate surface area is 148 Å². The van der Waals surface area contributed by atoms with Crippen LogP contribution in [0.3, 0.4) is 0 Å². The lowest BCUT2D eigenvalue weighted by Gasteiger charge is -2.30. The molecule has 0 amide bonds. The molecule has 0 aliphatic rings. The summed E-state index contributed by atoms with van der Waals surface area (Å²) >= 11 is 0. The van der Waals surface area contributed by atoms with Crippen LogP contribution < -0.4 is 10.6 Å². The number of hydrogen-bond acceptors (Lipinski definition) is 3. The van der Waals surface area contributed by atoms with E-state index in [-0.39, 0.29) is 24.0 Å². The molecule has 0 rings (SSSR count). The average molecular weight is 414 g/mol. The molecular formula is C15H35IN4O. The second kappa shape index (κ2) is 14.8. The Morgan fingerprint density at radius 2 is 1.76 bits per heavy atom. The molecule has 21 heavy (non-hydrogen) atoms. The second-order valence-electron chi connectivity index (χ2n) is 5.46. The van der Waals surface area contributed by atoms with Crippen LogP contribution in [0.2, 0.25) is 0 Å². The Balaban J connectivity index is 0. The Morgan fingerprint density at radius 1 is 1.14 bits per heavy atom. The summed E-state index contributed by atoms with van der Waals surface area (Å²) in [5.41, 5.74) is 0. The third kappa shape index (κ3) is 12.2. The van der Waals surface area contributed by atoms with Gasteiger partial charge in [-0.2, -0.15) is 0 Å². The molecule has 0 aromatic carbocycles. The van der Waals surface area contributed by atoms with Crippen LogP contribution in [0.5, 0.6) is 0 Å². The number of ether oxygens (including phenoxy) is 1. The summed E-state index contributed by atoms with van der Waals surface area (Å²) in [4.78, 5) is 7.01. The van der Waals surface area contributed by atoms with Crippen molar-refractivity contribution in [2.24, 2.45) is 4.99 Å². The van der Waals surface area contributed by atoms with Crippen LogP contribution in [0.25, 0.3) is 0 Å². The molecule has 2 N–H and O–H groups in total. The van der Waals surface area contributed by atoms with Gasteiger partial charge < -0.3 is 15.4 Å². The van der Waals surface area contributed by atoms with E-state index >= 15 is 0 Å². The summed E-state index contributed by atoms with van der Waals surface area (Å²) in [7, 11) is 1.72. The third-order valence-electron chi connectivity index (χ3n) is 3.11. The van der Waals surface area contributed by atoms with Crippen LogP contribution in [-0.4, -0.2) is 62.8 Å². The van der Waals surface area contributed by atoms with Crippen molar-refractivity contribution < 1.29 is 4.74 Å². The van der Waals surface area contributed by atoms with E-state index in [9.17, 15) is 0 Å². The molecule has 0 fully saturated rings. The summed E-state index contributed by atoms with van der Waals surface area (Å²) in [5.74, 6) is 0.899. The molecule has 6 heteroatoms. The summed E-state index contributed by atoms with van der Waals surface area (Å²) < 4.78 is 5.03. The number of nitrogens with zero attached hydrogens (tertiary/aromatic N) is 2. The van der Waals surface area contributed by atoms with Crippen molar-refractivity contribution in [1.82, 2.24) is 15.5 Å². The minimum Gasteiger partial charge on any atom is -0.385 e. The fraction of sp³-hybridized carbons (Fsp3) is 0.933. The zero-order chi connectivity index (χ0) is 15.4. The zero-order valence-corrected chi connectivity index (χ0v) is 16.9. The van der Waals surface area contributed by atoms with E-state index in [4.69, 9.17) is 4.74 Å². The Bertz CT molecular complexity index is 252. The van der Waals surface area contributed by atoms with Crippen LogP contribution in [-0.2, 0) is 4.74 Å². The molecule has 0 aliphatic carbocycles. The van der Waals surface area contributed by atoms with Crippen molar-refractivity contribution in [1.29, 1.82) is 0 Å². The zero-order valence-electron chi connectivity index (χ0n) is 14.6. The molecule has 0 atom stereocenters. The monoisotopic (exact) mass is 414 g/mol. The van der Waals surface area contributed by atoms with Crippen molar-refractivity contribution in [2.75, 3.05) is 39.9 Å². The molecule has 0 spiro atoms. The van der Waals surface area contributed by atoms with E-state index in [0.717, 1.165) is 45.2 Å². The number of halogens is 1. The summed E-state index contributed by atoms with van der Waals surface area (Å²) in [5, 5.41) is 6.67. The topological polar surface area (TPSA) is 48.9 Å². The van der Waals surface area contributed by atoms with Gasteiger partial charge in [-0.05, 0) is 41.0 Å². The lowest BCUT2D eigenvalue weighted by molar-refractivity contribution is 0.178. The van der Waals surface area contributed by atoms with E-state index in [1.807, 2.05) is 0 Å². The van der Waals surface area contributed by atoms with Crippen LogP contribution in [0.4, 0.5) is 0 Å². The third-order valence-corrected chi connectivity index (χ3v) is 3.11. The van der Waals surface area contributed by atoms with Crippen LogP contribution in [0.15, 0.2) is 4.99 Å². The normalized spacial score (nSPS) is 12.0. The van der Waals surface area contributed by atoms with Crippen molar-refractivity contribution in [2.45, 2.75) is 53.1 Å². The van der Waals surface area contributed by atoms with E-state index in [1.54, 1.807) is 7.11 Å². The van der Waals surface area contributed by atoms with Gasteiger partial charge in [-0.15, -0.1) is 24.0 Å². The first-order chi connectivity index (χ1) is 9.52. The molecular weight excluding hydrogens is 379 g/mol. The van der Waals surface area contributed by atoms with Crippen molar-refractivity contribution in [3.8, 4) is 0 Å². The van der Waals surface area contributed by atoms with Gasteiger partial charge in [0.25, 0.3) is 0 Å². The highest BCUT2D eigenvalue weighted by Crippen LogP contribution is 2.03. The summed E-state index contributed by atoms with van der Waals surface area (Å²) in [6.07, 6.45) is 0.956. The van der Waals surface area contributed by atoms with Gasteiger partial charge in [0.1, 0.15) is 0 Å². The average Bonchev–Trinajstić information content (AvgIpc) is 2.38.